The maximum absolute atomic E-state index is 12.1. The van der Waals surface area contributed by atoms with E-state index in [1.165, 1.54) is 5.56 Å². The standard InChI is InChI=1S/C16H18ClN3O/c1-20(2)10-11-3-5-15(6-4-11)19-16(21)12-7-13(17)9-14(18)8-12/h3-9H,10,18H2,1-2H3,(H,19,21). The highest BCUT2D eigenvalue weighted by Crippen LogP contribution is 2.18. The van der Waals surface area contributed by atoms with Crippen molar-refractivity contribution in [1.82, 2.24) is 4.90 Å². The Morgan fingerprint density at radius 1 is 1.19 bits per heavy atom. The molecule has 0 aliphatic heterocycles. The van der Waals surface area contributed by atoms with Gasteiger partial charge in [0.25, 0.3) is 5.91 Å². The van der Waals surface area contributed by atoms with Crippen LogP contribution in [0.5, 0.6) is 0 Å². The minimum absolute atomic E-state index is 0.232. The van der Waals surface area contributed by atoms with Crippen molar-refractivity contribution < 1.29 is 4.79 Å². The molecule has 0 aliphatic rings. The van der Waals surface area contributed by atoms with Gasteiger partial charge in [0.15, 0.2) is 0 Å². The minimum Gasteiger partial charge on any atom is -0.399 e. The Kier molecular flexibility index (Phi) is 4.83. The maximum atomic E-state index is 12.1. The van der Waals surface area contributed by atoms with Gasteiger partial charge >= 0.3 is 0 Å². The lowest BCUT2D eigenvalue weighted by atomic mass is 10.1. The number of hydrogen-bond donors (Lipinski definition) is 2. The molecule has 110 valence electrons. The van der Waals surface area contributed by atoms with Crippen molar-refractivity contribution in [2.24, 2.45) is 0 Å². The third kappa shape index (κ3) is 4.48. The maximum Gasteiger partial charge on any atom is 0.255 e. The van der Waals surface area contributed by atoms with Crippen molar-refractivity contribution in [2.45, 2.75) is 6.54 Å². The fourth-order valence-electron chi connectivity index (χ4n) is 2.01. The number of carbonyl (C=O) groups is 1. The summed E-state index contributed by atoms with van der Waals surface area (Å²) in [6.45, 7) is 0.860. The Labute approximate surface area is 129 Å². The molecule has 0 bridgehead atoms. The number of carbonyl (C=O) groups excluding carboxylic acids is 1. The van der Waals surface area contributed by atoms with Gasteiger partial charge in [-0.05, 0) is 50.0 Å². The monoisotopic (exact) mass is 303 g/mol. The first-order valence-corrected chi connectivity index (χ1v) is 6.93. The molecule has 0 spiro atoms. The van der Waals surface area contributed by atoms with Crippen LogP contribution in [0.25, 0.3) is 0 Å². The lowest BCUT2D eigenvalue weighted by Crippen LogP contribution is -2.13. The van der Waals surface area contributed by atoms with Crippen LogP contribution >= 0.6 is 11.6 Å². The van der Waals surface area contributed by atoms with Crippen LogP contribution in [0.4, 0.5) is 11.4 Å². The summed E-state index contributed by atoms with van der Waals surface area (Å²) < 4.78 is 0. The number of nitrogen functional groups attached to an aromatic ring is 1. The molecule has 0 heterocycles. The molecule has 2 aromatic rings. The smallest absolute Gasteiger partial charge is 0.255 e. The number of benzene rings is 2. The second-order valence-electron chi connectivity index (χ2n) is 5.16. The van der Waals surface area contributed by atoms with Gasteiger partial charge in [-0.3, -0.25) is 4.79 Å². The van der Waals surface area contributed by atoms with Crippen LogP contribution in [0.1, 0.15) is 15.9 Å². The third-order valence-electron chi connectivity index (χ3n) is 2.89. The molecule has 4 nitrogen and oxygen atoms in total. The van der Waals surface area contributed by atoms with E-state index >= 15 is 0 Å². The summed E-state index contributed by atoms with van der Waals surface area (Å²) >= 11 is 5.90. The van der Waals surface area contributed by atoms with Gasteiger partial charge in [0, 0.05) is 28.5 Å². The number of halogens is 1. The first-order chi connectivity index (χ1) is 9.94. The van der Waals surface area contributed by atoms with E-state index < -0.39 is 0 Å². The second kappa shape index (κ2) is 6.61. The predicted octanol–water partition coefficient (Wildman–Crippen LogP) is 3.24. The Bertz CT molecular complexity index is 618. The molecule has 0 fully saturated rings. The van der Waals surface area contributed by atoms with E-state index in [1.54, 1.807) is 18.2 Å². The lowest BCUT2D eigenvalue weighted by Gasteiger charge is -2.11. The third-order valence-corrected chi connectivity index (χ3v) is 3.11. The van der Waals surface area contributed by atoms with Gasteiger partial charge in [-0.15, -0.1) is 0 Å². The molecule has 0 saturated carbocycles. The van der Waals surface area contributed by atoms with E-state index in [-0.39, 0.29) is 5.91 Å². The van der Waals surface area contributed by atoms with Crippen LogP contribution in [-0.4, -0.2) is 24.9 Å². The van der Waals surface area contributed by atoms with E-state index in [1.807, 2.05) is 38.4 Å². The molecule has 2 rings (SSSR count). The summed E-state index contributed by atoms with van der Waals surface area (Å²) in [6, 6.07) is 12.5. The van der Waals surface area contributed by atoms with Crippen molar-refractivity contribution in [3.8, 4) is 0 Å². The van der Waals surface area contributed by atoms with Crippen LogP contribution in [0.3, 0.4) is 0 Å². The van der Waals surface area contributed by atoms with Crippen molar-refractivity contribution in [3.63, 3.8) is 0 Å². The second-order valence-corrected chi connectivity index (χ2v) is 5.60. The number of hydrogen-bond acceptors (Lipinski definition) is 3. The van der Waals surface area contributed by atoms with Gasteiger partial charge in [-0.2, -0.15) is 0 Å². The number of anilines is 2. The van der Waals surface area contributed by atoms with E-state index in [9.17, 15) is 4.79 Å². The van der Waals surface area contributed by atoms with Crippen molar-refractivity contribution in [3.05, 3.63) is 58.6 Å². The zero-order valence-electron chi connectivity index (χ0n) is 12.1. The predicted molar refractivity (Wildman–Crippen MR) is 87.7 cm³/mol. The van der Waals surface area contributed by atoms with Crippen LogP contribution in [-0.2, 0) is 6.54 Å². The molecule has 0 aromatic heterocycles. The fourth-order valence-corrected chi connectivity index (χ4v) is 2.25. The Balaban J connectivity index is 2.08. The van der Waals surface area contributed by atoms with Crippen LogP contribution in [0, 0.1) is 0 Å². The number of amides is 1. The Morgan fingerprint density at radius 2 is 1.86 bits per heavy atom. The van der Waals surface area contributed by atoms with E-state index in [4.69, 9.17) is 17.3 Å². The van der Waals surface area contributed by atoms with Gasteiger partial charge in [-0.1, -0.05) is 23.7 Å². The molecular formula is C16H18ClN3O. The molecule has 0 unspecified atom stereocenters. The summed E-state index contributed by atoms with van der Waals surface area (Å²) in [5.41, 5.74) is 8.52. The summed E-state index contributed by atoms with van der Waals surface area (Å²) in [5, 5.41) is 3.27. The average Bonchev–Trinajstić information content (AvgIpc) is 2.39. The highest BCUT2D eigenvalue weighted by molar-refractivity contribution is 6.31. The Morgan fingerprint density at radius 3 is 2.43 bits per heavy atom. The largest absolute Gasteiger partial charge is 0.399 e. The molecule has 0 radical (unpaired) electrons. The minimum atomic E-state index is -0.232. The van der Waals surface area contributed by atoms with Crippen LogP contribution < -0.4 is 11.1 Å². The van der Waals surface area contributed by atoms with Crippen LogP contribution in [0.2, 0.25) is 5.02 Å². The molecule has 0 atom stereocenters. The van der Waals surface area contributed by atoms with Crippen molar-refractivity contribution >= 4 is 28.9 Å². The summed E-state index contributed by atoms with van der Waals surface area (Å²) in [7, 11) is 4.03. The number of nitrogens with two attached hydrogens (primary N) is 1. The molecular weight excluding hydrogens is 286 g/mol. The fraction of sp³-hybridized carbons (Fsp3) is 0.188. The van der Waals surface area contributed by atoms with E-state index in [0.717, 1.165) is 12.2 Å². The first kappa shape index (κ1) is 15.4. The van der Waals surface area contributed by atoms with Crippen molar-refractivity contribution in [1.29, 1.82) is 0 Å². The SMILES string of the molecule is CN(C)Cc1ccc(NC(=O)c2cc(N)cc(Cl)c2)cc1. The van der Waals surface area contributed by atoms with E-state index in [0.29, 0.717) is 16.3 Å². The van der Waals surface area contributed by atoms with E-state index in [2.05, 4.69) is 10.2 Å². The van der Waals surface area contributed by atoms with Crippen LogP contribution in [0.15, 0.2) is 42.5 Å². The molecule has 21 heavy (non-hydrogen) atoms. The highest BCUT2D eigenvalue weighted by Gasteiger charge is 2.08. The van der Waals surface area contributed by atoms with Gasteiger partial charge in [0.2, 0.25) is 0 Å². The zero-order valence-corrected chi connectivity index (χ0v) is 12.8. The molecule has 0 saturated heterocycles. The molecule has 2 aromatic carbocycles. The summed E-state index contributed by atoms with van der Waals surface area (Å²) in [6.07, 6.45) is 0. The quantitative estimate of drug-likeness (QED) is 0.853. The number of rotatable bonds is 4. The Hall–Kier alpha value is -2.04. The summed E-state index contributed by atoms with van der Waals surface area (Å²) in [4.78, 5) is 14.2. The highest BCUT2D eigenvalue weighted by atomic mass is 35.5. The number of nitrogens with zero attached hydrogens (tertiary/aromatic N) is 1. The lowest BCUT2D eigenvalue weighted by molar-refractivity contribution is 0.102. The normalized spacial score (nSPS) is 10.7. The average molecular weight is 304 g/mol. The molecule has 1 amide bonds. The van der Waals surface area contributed by atoms with Gasteiger partial charge in [0.1, 0.15) is 0 Å². The first-order valence-electron chi connectivity index (χ1n) is 6.55. The van der Waals surface area contributed by atoms with Gasteiger partial charge < -0.3 is 16.0 Å². The number of nitrogens with one attached hydrogen (secondary N) is 1. The molecule has 5 heteroatoms. The van der Waals surface area contributed by atoms with Gasteiger partial charge in [-0.25, -0.2) is 0 Å². The van der Waals surface area contributed by atoms with Crippen molar-refractivity contribution in [2.75, 3.05) is 25.1 Å². The van der Waals surface area contributed by atoms with Gasteiger partial charge in [0.05, 0.1) is 0 Å². The topological polar surface area (TPSA) is 58.4 Å². The summed E-state index contributed by atoms with van der Waals surface area (Å²) in [5.74, 6) is -0.232. The molecule has 0 aliphatic carbocycles. The zero-order chi connectivity index (χ0) is 15.4. The molecule has 3 N–H and O–H groups in total.